The summed E-state index contributed by atoms with van der Waals surface area (Å²) in [6.07, 6.45) is 3.74. The lowest BCUT2D eigenvalue weighted by molar-refractivity contribution is -0.0175. The lowest BCUT2D eigenvalue weighted by atomic mass is 9.86. The number of rotatable bonds is 4. The molecule has 0 heterocycles. The van der Waals surface area contributed by atoms with Crippen LogP contribution in [0.25, 0.3) is 0 Å². The average Bonchev–Trinajstić information content (AvgIpc) is 2.48. The first-order valence-electron chi connectivity index (χ1n) is 6.98. The first kappa shape index (κ1) is 15.3. The minimum atomic E-state index is -0.645. The molecule has 0 radical (unpaired) electrons. The Kier molecular flexibility index (Phi) is 6.47. The second kappa shape index (κ2) is 7.62. The number of aliphatic hydroxyl groups is 1. The molecule has 1 rings (SSSR count). The number of ether oxygens (including phenoxy) is 2. The smallest absolute Gasteiger partial charge is 0.432 e. The van der Waals surface area contributed by atoms with Gasteiger partial charge in [0.2, 0.25) is 0 Å². The Labute approximate surface area is 110 Å². The summed E-state index contributed by atoms with van der Waals surface area (Å²) in [5, 5.41) is 8.62. The quantitative estimate of drug-likeness (QED) is 0.622. The highest BCUT2D eigenvalue weighted by molar-refractivity contribution is 5.60. The summed E-state index contributed by atoms with van der Waals surface area (Å²) in [5.74, 6) is 1.51. The predicted molar refractivity (Wildman–Crippen MR) is 69.3 cm³/mol. The van der Waals surface area contributed by atoms with Crippen LogP contribution in [0.2, 0.25) is 0 Å². The Bertz CT molecular complexity index is 252. The molecule has 0 aromatic heterocycles. The van der Waals surface area contributed by atoms with Crippen LogP contribution in [-0.4, -0.2) is 30.6 Å². The van der Waals surface area contributed by atoms with E-state index in [-0.39, 0.29) is 19.3 Å². The van der Waals surface area contributed by atoms with E-state index in [0.717, 1.165) is 12.8 Å². The van der Waals surface area contributed by atoms with Crippen molar-refractivity contribution < 1.29 is 19.4 Å². The van der Waals surface area contributed by atoms with Crippen LogP contribution in [0, 0.1) is 17.8 Å². The third-order valence-electron chi connectivity index (χ3n) is 3.76. The molecule has 1 aliphatic carbocycles. The number of hydrogen-bond donors (Lipinski definition) is 1. The van der Waals surface area contributed by atoms with Crippen LogP contribution in [0.15, 0.2) is 0 Å². The van der Waals surface area contributed by atoms with Crippen LogP contribution in [0.5, 0.6) is 0 Å². The lowest BCUT2D eigenvalue weighted by Gasteiger charge is -2.28. The van der Waals surface area contributed by atoms with Gasteiger partial charge in [-0.1, -0.05) is 33.6 Å². The van der Waals surface area contributed by atoms with Crippen LogP contribution < -0.4 is 0 Å². The summed E-state index contributed by atoms with van der Waals surface area (Å²) in [5.41, 5.74) is 0. The van der Waals surface area contributed by atoms with E-state index < -0.39 is 6.16 Å². The van der Waals surface area contributed by atoms with E-state index in [4.69, 9.17) is 14.6 Å². The van der Waals surface area contributed by atoms with E-state index in [1.165, 1.54) is 12.8 Å². The van der Waals surface area contributed by atoms with Crippen molar-refractivity contribution in [3.63, 3.8) is 0 Å². The molecule has 4 heteroatoms. The molecule has 0 aromatic carbocycles. The lowest BCUT2D eigenvalue weighted by Crippen LogP contribution is -2.31. The molecule has 0 spiro atoms. The highest BCUT2D eigenvalue weighted by Crippen LogP contribution is 2.33. The minimum Gasteiger partial charge on any atom is -0.432 e. The molecule has 1 saturated carbocycles. The molecule has 4 nitrogen and oxygen atoms in total. The van der Waals surface area contributed by atoms with Gasteiger partial charge in [-0.05, 0) is 30.6 Å². The fourth-order valence-corrected chi connectivity index (χ4v) is 2.76. The van der Waals surface area contributed by atoms with Crippen molar-refractivity contribution in [3.05, 3.63) is 0 Å². The van der Waals surface area contributed by atoms with Gasteiger partial charge in [0, 0.05) is 0 Å². The van der Waals surface area contributed by atoms with E-state index in [2.05, 4.69) is 20.8 Å². The van der Waals surface area contributed by atoms with Crippen LogP contribution in [0.3, 0.4) is 0 Å². The summed E-state index contributed by atoms with van der Waals surface area (Å²) >= 11 is 0. The van der Waals surface area contributed by atoms with Gasteiger partial charge >= 0.3 is 6.16 Å². The molecule has 0 saturated heterocycles. The standard InChI is InChI=1S/C14H26O4/c1-10(2)12-6-4-5-11(3)9-13(12)18-14(16)17-8-7-15/h10-13,15H,4-9H2,1-3H3. The van der Waals surface area contributed by atoms with E-state index in [9.17, 15) is 4.79 Å². The third-order valence-corrected chi connectivity index (χ3v) is 3.76. The van der Waals surface area contributed by atoms with Gasteiger partial charge in [-0.25, -0.2) is 4.79 Å². The molecule has 3 atom stereocenters. The van der Waals surface area contributed by atoms with Crippen LogP contribution in [0.1, 0.15) is 46.5 Å². The molecule has 0 amide bonds. The van der Waals surface area contributed by atoms with Crippen molar-refractivity contribution in [3.8, 4) is 0 Å². The molecule has 0 bridgehead atoms. The molecule has 0 aliphatic heterocycles. The second-order valence-electron chi connectivity index (χ2n) is 5.66. The van der Waals surface area contributed by atoms with E-state index >= 15 is 0 Å². The molecule has 106 valence electrons. The fourth-order valence-electron chi connectivity index (χ4n) is 2.76. The Morgan fingerprint density at radius 3 is 2.72 bits per heavy atom. The third kappa shape index (κ3) is 4.84. The summed E-state index contributed by atoms with van der Waals surface area (Å²) in [7, 11) is 0. The van der Waals surface area contributed by atoms with Crippen LogP contribution in [0.4, 0.5) is 4.79 Å². The van der Waals surface area contributed by atoms with Crippen LogP contribution >= 0.6 is 0 Å². The van der Waals surface area contributed by atoms with E-state index in [1.807, 2.05) is 0 Å². The van der Waals surface area contributed by atoms with Gasteiger partial charge in [0.05, 0.1) is 6.61 Å². The van der Waals surface area contributed by atoms with Crippen molar-refractivity contribution in [1.29, 1.82) is 0 Å². The number of aliphatic hydroxyl groups excluding tert-OH is 1. The molecule has 3 unspecified atom stereocenters. The van der Waals surface area contributed by atoms with E-state index in [0.29, 0.717) is 17.8 Å². The van der Waals surface area contributed by atoms with Gasteiger partial charge < -0.3 is 14.6 Å². The Balaban J connectivity index is 2.57. The monoisotopic (exact) mass is 258 g/mol. The molecule has 18 heavy (non-hydrogen) atoms. The molecule has 1 aliphatic rings. The van der Waals surface area contributed by atoms with Crippen molar-refractivity contribution in [2.75, 3.05) is 13.2 Å². The van der Waals surface area contributed by atoms with Crippen molar-refractivity contribution in [1.82, 2.24) is 0 Å². The number of hydrogen-bond acceptors (Lipinski definition) is 4. The number of carbonyl (C=O) groups excluding carboxylic acids is 1. The SMILES string of the molecule is CC1CCCC(C(C)C)C(OC(=O)OCCO)C1. The van der Waals surface area contributed by atoms with Gasteiger partial charge in [0.15, 0.2) is 0 Å². The van der Waals surface area contributed by atoms with Crippen LogP contribution in [-0.2, 0) is 9.47 Å². The predicted octanol–water partition coefficient (Wildman–Crippen LogP) is 2.98. The highest BCUT2D eigenvalue weighted by Gasteiger charge is 2.31. The molecule has 1 fully saturated rings. The van der Waals surface area contributed by atoms with Gasteiger partial charge in [-0.3, -0.25) is 0 Å². The normalized spacial score (nSPS) is 28.8. The van der Waals surface area contributed by atoms with Crippen molar-refractivity contribution in [2.24, 2.45) is 17.8 Å². The highest BCUT2D eigenvalue weighted by atomic mass is 16.7. The van der Waals surface area contributed by atoms with Gasteiger partial charge in [-0.2, -0.15) is 0 Å². The Hall–Kier alpha value is -0.770. The first-order chi connectivity index (χ1) is 8.54. The Morgan fingerprint density at radius 1 is 1.39 bits per heavy atom. The van der Waals surface area contributed by atoms with Crippen molar-refractivity contribution >= 4 is 6.16 Å². The average molecular weight is 258 g/mol. The molecule has 0 aromatic rings. The maximum absolute atomic E-state index is 11.5. The summed E-state index contributed by atoms with van der Waals surface area (Å²) in [6, 6.07) is 0. The maximum atomic E-state index is 11.5. The zero-order chi connectivity index (χ0) is 13.5. The zero-order valence-corrected chi connectivity index (χ0v) is 11.7. The van der Waals surface area contributed by atoms with Crippen molar-refractivity contribution in [2.45, 2.75) is 52.6 Å². The second-order valence-corrected chi connectivity index (χ2v) is 5.66. The minimum absolute atomic E-state index is 0.00739. The van der Waals surface area contributed by atoms with Gasteiger partial charge in [0.25, 0.3) is 0 Å². The summed E-state index contributed by atoms with van der Waals surface area (Å²) < 4.78 is 10.2. The fraction of sp³-hybridized carbons (Fsp3) is 0.929. The van der Waals surface area contributed by atoms with Gasteiger partial charge in [0.1, 0.15) is 12.7 Å². The van der Waals surface area contributed by atoms with E-state index in [1.54, 1.807) is 0 Å². The zero-order valence-electron chi connectivity index (χ0n) is 11.7. The molecular weight excluding hydrogens is 232 g/mol. The van der Waals surface area contributed by atoms with Gasteiger partial charge in [-0.15, -0.1) is 0 Å². The molecule has 1 N–H and O–H groups in total. The maximum Gasteiger partial charge on any atom is 0.508 e. The summed E-state index contributed by atoms with van der Waals surface area (Å²) in [4.78, 5) is 11.5. The topological polar surface area (TPSA) is 55.8 Å². The number of carbonyl (C=O) groups is 1. The summed E-state index contributed by atoms with van der Waals surface area (Å²) in [6.45, 7) is 6.40. The molecular formula is C14H26O4. The Morgan fingerprint density at radius 2 is 2.11 bits per heavy atom. The first-order valence-corrected chi connectivity index (χ1v) is 6.98. The largest absolute Gasteiger partial charge is 0.508 e.